The lowest BCUT2D eigenvalue weighted by molar-refractivity contribution is 0.660. The van der Waals surface area contributed by atoms with Crippen molar-refractivity contribution in [3.8, 4) is 22.3 Å². The molecule has 0 radical (unpaired) electrons. The molecule has 0 fully saturated rings. The van der Waals surface area contributed by atoms with E-state index < -0.39 is 0 Å². The van der Waals surface area contributed by atoms with Crippen LogP contribution in [-0.2, 0) is 5.41 Å². The SMILES string of the molecule is CC1(C)c2ccccc2-c2c(N(c3ccccc3-c3ccccc3)c3nc(Cl)nc4ccccc34)cccc21. The van der Waals surface area contributed by atoms with Gasteiger partial charge in [-0.2, -0.15) is 4.98 Å². The van der Waals surface area contributed by atoms with Crippen molar-refractivity contribution in [1.29, 1.82) is 0 Å². The maximum atomic E-state index is 6.59. The van der Waals surface area contributed by atoms with Gasteiger partial charge in [0.05, 0.1) is 16.9 Å². The molecule has 1 aliphatic rings. The Balaban J connectivity index is 1.61. The smallest absolute Gasteiger partial charge is 0.224 e. The number of hydrogen-bond donors (Lipinski definition) is 0. The summed E-state index contributed by atoms with van der Waals surface area (Å²) in [5, 5.41) is 1.16. The quantitative estimate of drug-likeness (QED) is 0.215. The second kappa shape index (κ2) is 9.07. The Morgan fingerprint density at radius 3 is 2.08 bits per heavy atom. The average Bonchev–Trinajstić information content (AvgIpc) is 3.21. The summed E-state index contributed by atoms with van der Waals surface area (Å²) in [7, 11) is 0. The molecule has 1 aliphatic carbocycles. The summed E-state index contributed by atoms with van der Waals surface area (Å²) < 4.78 is 0. The highest BCUT2D eigenvalue weighted by atomic mass is 35.5. The number of nitrogens with zero attached hydrogens (tertiary/aromatic N) is 3. The van der Waals surface area contributed by atoms with Crippen molar-refractivity contribution in [2.75, 3.05) is 4.90 Å². The zero-order chi connectivity index (χ0) is 26.6. The zero-order valence-electron chi connectivity index (χ0n) is 21.8. The Bertz CT molecular complexity index is 1860. The summed E-state index contributed by atoms with van der Waals surface area (Å²) in [5.41, 5.74) is 10.1. The van der Waals surface area contributed by atoms with E-state index in [1.165, 1.54) is 22.3 Å². The van der Waals surface area contributed by atoms with Gasteiger partial charge in [-0.3, -0.25) is 4.90 Å². The molecule has 39 heavy (non-hydrogen) atoms. The molecule has 3 nitrogen and oxygen atoms in total. The van der Waals surface area contributed by atoms with Crippen molar-refractivity contribution in [3.63, 3.8) is 0 Å². The van der Waals surface area contributed by atoms with Crippen molar-refractivity contribution < 1.29 is 0 Å². The minimum atomic E-state index is -0.127. The fourth-order valence-corrected chi connectivity index (χ4v) is 6.18. The molecule has 0 saturated carbocycles. The second-order valence-corrected chi connectivity index (χ2v) is 10.8. The van der Waals surface area contributed by atoms with Crippen LogP contribution in [0.25, 0.3) is 33.2 Å². The summed E-state index contributed by atoms with van der Waals surface area (Å²) in [5.74, 6) is 0.754. The fourth-order valence-electron chi connectivity index (χ4n) is 6.01. The summed E-state index contributed by atoms with van der Waals surface area (Å²) in [6, 6.07) is 42.4. The monoisotopic (exact) mass is 523 g/mol. The molecule has 7 rings (SSSR count). The number of anilines is 3. The molecule has 0 aliphatic heterocycles. The van der Waals surface area contributed by atoms with Crippen LogP contribution in [0.2, 0.25) is 5.28 Å². The molecule has 188 valence electrons. The lowest BCUT2D eigenvalue weighted by Gasteiger charge is -2.30. The van der Waals surface area contributed by atoms with E-state index in [0.29, 0.717) is 0 Å². The lowest BCUT2D eigenvalue weighted by atomic mass is 9.82. The molecule has 6 aromatic rings. The van der Waals surface area contributed by atoms with Crippen LogP contribution >= 0.6 is 11.6 Å². The first kappa shape index (κ1) is 23.6. The van der Waals surface area contributed by atoms with Gasteiger partial charge in [-0.05, 0) is 58.1 Å². The van der Waals surface area contributed by atoms with E-state index in [0.717, 1.165) is 39.2 Å². The number of benzene rings is 5. The van der Waals surface area contributed by atoms with Gasteiger partial charge in [-0.1, -0.05) is 111 Å². The van der Waals surface area contributed by atoms with E-state index in [1.54, 1.807) is 0 Å². The van der Waals surface area contributed by atoms with E-state index in [1.807, 2.05) is 24.3 Å². The third-order valence-electron chi connectivity index (χ3n) is 7.82. The average molecular weight is 524 g/mol. The maximum Gasteiger partial charge on any atom is 0.224 e. The molecule has 0 unspecified atom stereocenters. The fraction of sp³-hybridized carbons (Fsp3) is 0.0857. The van der Waals surface area contributed by atoms with Crippen LogP contribution in [0.3, 0.4) is 0 Å². The lowest BCUT2D eigenvalue weighted by Crippen LogP contribution is -2.17. The van der Waals surface area contributed by atoms with Crippen LogP contribution in [0.15, 0.2) is 121 Å². The highest BCUT2D eigenvalue weighted by Gasteiger charge is 2.38. The van der Waals surface area contributed by atoms with Crippen LogP contribution in [-0.4, -0.2) is 9.97 Å². The molecule has 0 atom stereocenters. The minimum Gasteiger partial charge on any atom is -0.293 e. The van der Waals surface area contributed by atoms with Crippen molar-refractivity contribution >= 4 is 39.7 Å². The Labute approximate surface area is 233 Å². The van der Waals surface area contributed by atoms with Gasteiger partial charge in [0.25, 0.3) is 0 Å². The maximum absolute atomic E-state index is 6.59. The van der Waals surface area contributed by atoms with Gasteiger partial charge in [-0.25, -0.2) is 4.98 Å². The van der Waals surface area contributed by atoms with Crippen LogP contribution in [0.4, 0.5) is 17.2 Å². The Hall–Kier alpha value is -4.47. The molecule has 1 heterocycles. The molecule has 4 heteroatoms. The first-order valence-electron chi connectivity index (χ1n) is 13.1. The molecule has 0 amide bonds. The van der Waals surface area contributed by atoms with Crippen molar-refractivity contribution in [2.45, 2.75) is 19.3 Å². The minimum absolute atomic E-state index is 0.127. The first-order chi connectivity index (χ1) is 19.0. The summed E-state index contributed by atoms with van der Waals surface area (Å²) >= 11 is 6.59. The van der Waals surface area contributed by atoms with Gasteiger partial charge in [0.15, 0.2) is 5.82 Å². The summed E-state index contributed by atoms with van der Waals surface area (Å²) in [4.78, 5) is 11.7. The molecule has 0 spiro atoms. The van der Waals surface area contributed by atoms with Crippen molar-refractivity contribution in [2.24, 2.45) is 0 Å². The number of rotatable bonds is 4. The zero-order valence-corrected chi connectivity index (χ0v) is 22.5. The van der Waals surface area contributed by atoms with E-state index >= 15 is 0 Å². The first-order valence-corrected chi connectivity index (χ1v) is 13.5. The number of para-hydroxylation sites is 2. The van der Waals surface area contributed by atoms with E-state index in [-0.39, 0.29) is 10.7 Å². The number of fused-ring (bicyclic) bond motifs is 4. The number of halogens is 1. The third-order valence-corrected chi connectivity index (χ3v) is 7.99. The molecule has 0 N–H and O–H groups in total. The molecule has 1 aromatic heterocycles. The third kappa shape index (κ3) is 3.73. The van der Waals surface area contributed by atoms with E-state index in [9.17, 15) is 0 Å². The van der Waals surface area contributed by atoms with E-state index in [2.05, 4.69) is 121 Å². The van der Waals surface area contributed by atoms with Gasteiger partial charge in [0.1, 0.15) is 0 Å². The molecular weight excluding hydrogens is 498 g/mol. The van der Waals surface area contributed by atoms with Gasteiger partial charge in [0, 0.05) is 21.9 Å². The number of aromatic nitrogens is 2. The van der Waals surface area contributed by atoms with Crippen LogP contribution < -0.4 is 4.90 Å². The standard InChI is InChI=1S/C35H26ClN3/c1-35(2)27-18-9-6-16-25(27)32-28(35)19-12-22-31(32)39(33-26-17-7-10-20-29(26)37-34(36)38-33)30-21-11-8-15-24(30)23-13-4-3-5-14-23/h3-22H,1-2H3. The van der Waals surface area contributed by atoms with Gasteiger partial charge >= 0.3 is 0 Å². The van der Waals surface area contributed by atoms with Crippen molar-refractivity contribution in [1.82, 2.24) is 9.97 Å². The molecule has 0 bridgehead atoms. The summed E-state index contributed by atoms with van der Waals surface area (Å²) in [6.07, 6.45) is 0. The number of hydrogen-bond acceptors (Lipinski definition) is 3. The highest BCUT2D eigenvalue weighted by Crippen LogP contribution is 2.55. The van der Waals surface area contributed by atoms with Gasteiger partial charge < -0.3 is 0 Å². The van der Waals surface area contributed by atoms with Crippen LogP contribution in [0.5, 0.6) is 0 Å². The topological polar surface area (TPSA) is 29.0 Å². The highest BCUT2D eigenvalue weighted by molar-refractivity contribution is 6.29. The Morgan fingerprint density at radius 1 is 0.590 bits per heavy atom. The molecule has 5 aromatic carbocycles. The Morgan fingerprint density at radius 2 is 1.23 bits per heavy atom. The van der Waals surface area contributed by atoms with Crippen molar-refractivity contribution in [3.05, 3.63) is 138 Å². The van der Waals surface area contributed by atoms with Gasteiger partial charge in [0.2, 0.25) is 5.28 Å². The van der Waals surface area contributed by atoms with Crippen LogP contribution in [0.1, 0.15) is 25.0 Å². The largest absolute Gasteiger partial charge is 0.293 e. The molecular formula is C35H26ClN3. The normalized spacial score (nSPS) is 13.2. The Kier molecular flexibility index (Phi) is 5.50. The summed E-state index contributed by atoms with van der Waals surface area (Å²) in [6.45, 7) is 4.61. The van der Waals surface area contributed by atoms with Gasteiger partial charge in [-0.15, -0.1) is 0 Å². The predicted octanol–water partition coefficient (Wildman–Crippen LogP) is 9.73. The van der Waals surface area contributed by atoms with E-state index in [4.69, 9.17) is 16.6 Å². The predicted molar refractivity (Wildman–Crippen MR) is 162 cm³/mol. The molecule has 0 saturated heterocycles. The van der Waals surface area contributed by atoms with Crippen LogP contribution in [0, 0.1) is 0 Å². The second-order valence-electron chi connectivity index (χ2n) is 10.4.